The molecule has 0 aliphatic carbocycles. The average molecular weight is 378 g/mol. The summed E-state index contributed by atoms with van der Waals surface area (Å²) in [6, 6.07) is 7.22. The van der Waals surface area contributed by atoms with Crippen molar-refractivity contribution in [1.29, 1.82) is 0 Å². The number of morpholine rings is 1. The first kappa shape index (κ1) is 17.7. The van der Waals surface area contributed by atoms with Crippen molar-refractivity contribution in [3.63, 3.8) is 0 Å². The van der Waals surface area contributed by atoms with Crippen LogP contribution in [0.25, 0.3) is 0 Å². The molecule has 7 nitrogen and oxygen atoms in total. The molecule has 1 aliphatic heterocycles. The largest absolute Gasteiger partial charge is 0.378 e. The second-order valence-corrected chi connectivity index (χ2v) is 6.91. The van der Waals surface area contributed by atoms with E-state index in [2.05, 4.69) is 20.7 Å². The number of thiazole rings is 1. The van der Waals surface area contributed by atoms with Crippen LogP contribution in [0, 0.1) is 0 Å². The van der Waals surface area contributed by atoms with E-state index >= 15 is 0 Å². The van der Waals surface area contributed by atoms with Gasteiger partial charge in [0, 0.05) is 23.4 Å². The van der Waals surface area contributed by atoms with Crippen LogP contribution in [-0.2, 0) is 4.74 Å². The lowest BCUT2D eigenvalue weighted by Crippen LogP contribution is -2.42. The SMILES string of the molecule is CSc1ccccc1C(=O)NNC(=O)c1csc(N2CCOCC2)n1. The van der Waals surface area contributed by atoms with Gasteiger partial charge >= 0.3 is 0 Å². The summed E-state index contributed by atoms with van der Waals surface area (Å²) in [6.45, 7) is 2.84. The number of anilines is 1. The van der Waals surface area contributed by atoms with Crippen molar-refractivity contribution in [2.24, 2.45) is 0 Å². The molecule has 2 N–H and O–H groups in total. The summed E-state index contributed by atoms with van der Waals surface area (Å²) in [4.78, 5) is 31.7. The number of hydrogen-bond donors (Lipinski definition) is 2. The molecule has 1 aliphatic rings. The quantitative estimate of drug-likeness (QED) is 0.623. The highest BCUT2D eigenvalue weighted by Crippen LogP contribution is 2.21. The highest BCUT2D eigenvalue weighted by Gasteiger charge is 2.18. The number of thioether (sulfide) groups is 1. The van der Waals surface area contributed by atoms with Crippen LogP contribution in [0.1, 0.15) is 20.8 Å². The molecule has 9 heteroatoms. The van der Waals surface area contributed by atoms with Crippen molar-refractivity contribution >= 4 is 40.0 Å². The van der Waals surface area contributed by atoms with E-state index in [0.29, 0.717) is 18.8 Å². The molecule has 0 saturated carbocycles. The lowest BCUT2D eigenvalue weighted by molar-refractivity contribution is 0.0842. The molecule has 0 radical (unpaired) electrons. The molecule has 25 heavy (non-hydrogen) atoms. The van der Waals surface area contributed by atoms with Gasteiger partial charge in [-0.15, -0.1) is 23.1 Å². The van der Waals surface area contributed by atoms with Gasteiger partial charge in [-0.2, -0.15) is 0 Å². The van der Waals surface area contributed by atoms with Crippen LogP contribution in [0.15, 0.2) is 34.5 Å². The second-order valence-electron chi connectivity index (χ2n) is 5.22. The van der Waals surface area contributed by atoms with Crippen LogP contribution >= 0.6 is 23.1 Å². The van der Waals surface area contributed by atoms with Crippen LogP contribution in [0.2, 0.25) is 0 Å². The lowest BCUT2D eigenvalue weighted by Gasteiger charge is -2.25. The lowest BCUT2D eigenvalue weighted by atomic mass is 10.2. The minimum absolute atomic E-state index is 0.282. The van der Waals surface area contributed by atoms with Crippen LogP contribution < -0.4 is 15.8 Å². The molecule has 2 aromatic rings. The van der Waals surface area contributed by atoms with Gasteiger partial charge in [-0.25, -0.2) is 4.98 Å². The van der Waals surface area contributed by atoms with Crippen molar-refractivity contribution in [3.8, 4) is 0 Å². The Balaban J connectivity index is 1.59. The molecule has 1 aromatic heterocycles. The molecule has 1 aromatic carbocycles. The van der Waals surface area contributed by atoms with Crippen molar-refractivity contribution in [2.75, 3.05) is 37.5 Å². The van der Waals surface area contributed by atoms with Crippen molar-refractivity contribution in [3.05, 3.63) is 40.9 Å². The number of hydrazine groups is 1. The first-order valence-electron chi connectivity index (χ1n) is 7.71. The van der Waals surface area contributed by atoms with Crippen LogP contribution in [0.4, 0.5) is 5.13 Å². The van der Waals surface area contributed by atoms with Gasteiger partial charge in [0.2, 0.25) is 0 Å². The minimum Gasteiger partial charge on any atom is -0.378 e. The molecule has 0 spiro atoms. The Hall–Kier alpha value is -2.10. The minimum atomic E-state index is -0.439. The molecular formula is C16H18N4O3S2. The van der Waals surface area contributed by atoms with E-state index in [1.165, 1.54) is 23.1 Å². The fourth-order valence-electron chi connectivity index (χ4n) is 2.35. The van der Waals surface area contributed by atoms with Gasteiger partial charge < -0.3 is 9.64 Å². The zero-order valence-electron chi connectivity index (χ0n) is 13.7. The van der Waals surface area contributed by atoms with E-state index in [1.807, 2.05) is 18.4 Å². The fraction of sp³-hybridized carbons (Fsp3) is 0.312. The van der Waals surface area contributed by atoms with Crippen LogP contribution in [-0.4, -0.2) is 49.4 Å². The highest BCUT2D eigenvalue weighted by molar-refractivity contribution is 7.98. The standard InChI is InChI=1S/C16H18N4O3S2/c1-24-13-5-3-2-4-11(13)14(21)18-19-15(22)12-10-25-16(17-12)20-6-8-23-9-7-20/h2-5,10H,6-9H2,1H3,(H,18,21)(H,19,22). The topological polar surface area (TPSA) is 83.6 Å². The Labute approximate surface area is 153 Å². The van der Waals surface area contributed by atoms with E-state index in [9.17, 15) is 9.59 Å². The van der Waals surface area contributed by atoms with E-state index in [1.54, 1.807) is 17.5 Å². The zero-order valence-corrected chi connectivity index (χ0v) is 15.3. The highest BCUT2D eigenvalue weighted by atomic mass is 32.2. The number of aromatic nitrogens is 1. The number of hydrogen-bond acceptors (Lipinski definition) is 7. The van der Waals surface area contributed by atoms with Gasteiger partial charge in [-0.3, -0.25) is 20.4 Å². The third-order valence-corrected chi connectivity index (χ3v) is 5.34. The van der Waals surface area contributed by atoms with Crippen LogP contribution in [0.3, 0.4) is 0 Å². The number of ether oxygens (including phenoxy) is 1. The fourth-order valence-corrected chi connectivity index (χ4v) is 3.80. The smallest absolute Gasteiger partial charge is 0.289 e. The average Bonchev–Trinajstić information content (AvgIpc) is 3.17. The summed E-state index contributed by atoms with van der Waals surface area (Å²) in [7, 11) is 0. The maximum atomic E-state index is 12.2. The molecule has 0 atom stereocenters. The number of rotatable bonds is 4. The number of carbonyl (C=O) groups excluding carboxylic acids is 2. The van der Waals surface area contributed by atoms with Crippen molar-refractivity contribution < 1.29 is 14.3 Å². The van der Waals surface area contributed by atoms with Gasteiger partial charge in [-0.05, 0) is 18.4 Å². The molecule has 2 heterocycles. The Kier molecular flexibility index (Phi) is 5.90. The normalized spacial score (nSPS) is 14.2. The Morgan fingerprint density at radius 1 is 1.20 bits per heavy atom. The van der Waals surface area contributed by atoms with Gasteiger partial charge in [-0.1, -0.05) is 12.1 Å². The summed E-state index contributed by atoms with van der Waals surface area (Å²) in [5.74, 6) is -0.798. The maximum Gasteiger partial charge on any atom is 0.289 e. The molecule has 0 bridgehead atoms. The van der Waals surface area contributed by atoms with Crippen molar-refractivity contribution in [1.82, 2.24) is 15.8 Å². The van der Waals surface area contributed by atoms with E-state index in [4.69, 9.17) is 4.74 Å². The molecule has 0 unspecified atom stereocenters. The van der Waals surface area contributed by atoms with Gasteiger partial charge in [0.1, 0.15) is 5.69 Å². The van der Waals surface area contributed by atoms with Crippen molar-refractivity contribution in [2.45, 2.75) is 4.90 Å². The molecule has 132 valence electrons. The molecule has 1 saturated heterocycles. The summed E-state index contributed by atoms with van der Waals surface area (Å²) in [5, 5.41) is 2.47. The van der Waals surface area contributed by atoms with Gasteiger partial charge in [0.15, 0.2) is 5.13 Å². The van der Waals surface area contributed by atoms with E-state index < -0.39 is 5.91 Å². The molecule has 3 rings (SSSR count). The number of nitrogens with zero attached hydrogens (tertiary/aromatic N) is 2. The summed E-state index contributed by atoms with van der Waals surface area (Å²) < 4.78 is 5.31. The first-order chi connectivity index (χ1) is 12.2. The number of benzene rings is 1. The molecule has 2 amide bonds. The van der Waals surface area contributed by atoms with Gasteiger partial charge in [0.05, 0.1) is 18.8 Å². The Bertz CT molecular complexity index is 759. The predicted octanol–water partition coefficient (Wildman–Crippen LogP) is 1.78. The zero-order chi connectivity index (χ0) is 17.6. The second kappa shape index (κ2) is 8.32. The summed E-state index contributed by atoms with van der Waals surface area (Å²) in [6.07, 6.45) is 1.90. The van der Waals surface area contributed by atoms with E-state index in [0.717, 1.165) is 23.1 Å². The number of carbonyl (C=O) groups is 2. The van der Waals surface area contributed by atoms with E-state index in [-0.39, 0.29) is 11.6 Å². The monoisotopic (exact) mass is 378 g/mol. The summed E-state index contributed by atoms with van der Waals surface area (Å²) >= 11 is 2.88. The molecular weight excluding hydrogens is 360 g/mol. The molecule has 1 fully saturated rings. The Morgan fingerprint density at radius 2 is 1.92 bits per heavy atom. The van der Waals surface area contributed by atoms with Gasteiger partial charge in [0.25, 0.3) is 11.8 Å². The third-order valence-electron chi connectivity index (χ3n) is 3.65. The Morgan fingerprint density at radius 3 is 2.68 bits per heavy atom. The number of amides is 2. The predicted molar refractivity (Wildman–Crippen MR) is 98.3 cm³/mol. The van der Waals surface area contributed by atoms with Crippen LogP contribution in [0.5, 0.6) is 0 Å². The maximum absolute atomic E-state index is 12.2. The third kappa shape index (κ3) is 4.30. The first-order valence-corrected chi connectivity index (χ1v) is 9.81. The summed E-state index contributed by atoms with van der Waals surface area (Å²) in [5.41, 5.74) is 5.66. The number of nitrogens with one attached hydrogen (secondary N) is 2.